The van der Waals surface area contributed by atoms with Gasteiger partial charge in [-0.1, -0.05) is 243 Å². The average Bonchev–Trinajstić information content (AvgIpc) is 0.794. The minimum Gasteiger partial charge on any atom is -0.545 e. The molecule has 25 nitrogen and oxygen atoms in total. The van der Waals surface area contributed by atoms with Gasteiger partial charge in [0.15, 0.2) is 0 Å². The Morgan fingerprint density at radius 3 is 0.378 bits per heavy atom. The normalized spacial score (nSPS) is 10.5. The van der Waals surface area contributed by atoms with E-state index in [1.165, 1.54) is 109 Å². The first-order valence-corrected chi connectivity index (χ1v) is 37.9. The second-order valence-electron chi connectivity index (χ2n) is 28.0. The van der Waals surface area contributed by atoms with Crippen LogP contribution in [0.1, 0.15) is 124 Å². The highest BCUT2D eigenvalue weighted by atomic mass is 16.4. The van der Waals surface area contributed by atoms with Gasteiger partial charge in [-0.3, -0.25) is 0 Å². The number of aromatic carboxylic acids is 12. The van der Waals surface area contributed by atoms with Crippen molar-refractivity contribution >= 4 is 88.7 Å². The van der Waals surface area contributed by atoms with Crippen molar-refractivity contribution in [3.8, 4) is 100 Å². The van der Waals surface area contributed by atoms with Gasteiger partial charge in [0.1, 0.15) is 0 Å². The van der Waals surface area contributed by atoms with E-state index in [9.17, 15) is 114 Å². The van der Waals surface area contributed by atoms with E-state index in [2.05, 4.69) is 18.2 Å². The Hall–Kier alpha value is -18.3. The van der Waals surface area contributed by atoms with Crippen LogP contribution >= 0.6 is 0 Å². The van der Waals surface area contributed by atoms with Crippen molar-refractivity contribution in [1.82, 2.24) is 0 Å². The Morgan fingerprint density at radius 1 is 0.142 bits per heavy atom. The van der Waals surface area contributed by atoms with Crippen LogP contribution in [0.15, 0.2) is 346 Å². The number of hydrogen-bond donors (Lipinski definition) is 1. The molecule has 0 bridgehead atoms. The molecule has 0 fully saturated rings. The van der Waals surface area contributed by atoms with Crippen molar-refractivity contribution in [2.45, 2.75) is 0 Å². The van der Waals surface area contributed by atoms with Crippen LogP contribution in [0, 0.1) is 0 Å². The average molecular weight is 1680 g/mol. The first kappa shape index (κ1) is 88.0. The predicted molar refractivity (Wildman–Crippen MR) is 444 cm³/mol. The van der Waals surface area contributed by atoms with E-state index in [0.29, 0.717) is 17.1 Å². The molecule has 127 heavy (non-hydrogen) atoms. The fraction of sp³-hybridized carbons (Fsp3) is 0. The minimum absolute atomic E-state index is 0.0113. The number of carbonyl (C=O) groups excluding carboxylic acids is 11. The van der Waals surface area contributed by atoms with Gasteiger partial charge in [0.25, 0.3) is 0 Å². The van der Waals surface area contributed by atoms with E-state index in [4.69, 9.17) is 5.11 Å². The highest BCUT2D eigenvalue weighted by Gasteiger charge is 2.17. The van der Waals surface area contributed by atoms with Gasteiger partial charge in [-0.05, 0) is 264 Å². The summed E-state index contributed by atoms with van der Waals surface area (Å²) in [6.45, 7) is 0. The largest absolute Gasteiger partial charge is 0.545 e. The number of carboxylic acid groups (broad SMARTS) is 12. The molecule has 0 saturated heterocycles. The van der Waals surface area contributed by atoms with E-state index < -0.39 is 88.3 Å². The zero-order valence-corrected chi connectivity index (χ0v) is 65.7. The summed E-state index contributed by atoms with van der Waals surface area (Å²) in [6, 6.07) is 95.2. The Morgan fingerprint density at radius 2 is 0.252 bits per heavy atom. The minimum atomic E-state index is -1.68. The van der Waals surface area contributed by atoms with E-state index in [1.54, 1.807) is 114 Å². The summed E-state index contributed by atoms with van der Waals surface area (Å²) in [7, 11) is 0. The first-order chi connectivity index (χ1) is 60.8. The Bertz CT molecular complexity index is 6030. The second-order valence-corrected chi connectivity index (χ2v) is 28.0. The van der Waals surface area contributed by atoms with Crippen molar-refractivity contribution in [2.24, 2.45) is 0 Å². The Kier molecular flexibility index (Phi) is 27.2. The molecule has 0 heterocycles. The summed E-state index contributed by atoms with van der Waals surface area (Å²) in [5.41, 5.74) is 17.0. The van der Waals surface area contributed by atoms with Gasteiger partial charge in [-0.25, -0.2) is 4.79 Å². The van der Waals surface area contributed by atoms with Gasteiger partial charge >= 0.3 is 5.97 Å². The summed E-state index contributed by atoms with van der Waals surface area (Å²) in [5.74, 6) is -16.1. The van der Waals surface area contributed by atoms with Crippen LogP contribution in [0.3, 0.4) is 0 Å². The second kappa shape index (κ2) is 39.3. The Balaban J connectivity index is 0.000000167. The summed E-state index contributed by atoms with van der Waals surface area (Å²) < 4.78 is 0. The maximum atomic E-state index is 11.2. The SMILES string of the molecule is O=C([O-])c1cc(C(=O)[O-])cc(C(=O)[O-])c1.O=C([O-])c1ccc(-c2cc(-c3ccc(C(=O)[O-])cc3)cc(-c3ccc(C(=O)[O-])cc3)c2)cc1.O=C([O-])c1ccc(-c2ccc(-c3cc(-c4ccc(-c5ccc(C(=O)[O-])cc5)cc4)cc(-c4ccc(-c5ccc(C(=O)[O-])cc5)cc4)c3)cc2)cc1.O=C([O-])c1ccc(N(c2ccc(C(=O)[O-])cc2)c2ccc(C(=O)O)cc2)cc1. The number of hydrogen-bond acceptors (Lipinski definition) is 24. The lowest BCUT2D eigenvalue weighted by Crippen LogP contribution is -2.28. The van der Waals surface area contributed by atoms with E-state index in [-0.39, 0.29) is 50.1 Å². The van der Waals surface area contributed by atoms with E-state index in [0.717, 1.165) is 118 Å². The highest BCUT2D eigenvalue weighted by Crippen LogP contribution is 2.39. The Labute approximate surface area is 721 Å². The highest BCUT2D eigenvalue weighted by molar-refractivity contribution is 5.99. The van der Waals surface area contributed by atoms with Gasteiger partial charge in [0.05, 0.1) is 71.2 Å². The lowest BCUT2D eigenvalue weighted by atomic mass is 9.91. The molecule has 0 unspecified atom stereocenters. The monoisotopic (exact) mass is 1680 g/mol. The molecule has 25 heteroatoms. The van der Waals surface area contributed by atoms with Gasteiger partial charge < -0.3 is 119 Å². The number of rotatable bonds is 24. The molecule has 15 aromatic carbocycles. The molecule has 0 amide bonds. The summed E-state index contributed by atoms with van der Waals surface area (Å²) in [5, 5.41) is 129. The molecule has 15 aromatic rings. The number of carboxylic acids is 12. The van der Waals surface area contributed by atoms with Crippen molar-refractivity contribution in [3.63, 3.8) is 0 Å². The number of nitrogens with zero attached hydrogens (tertiary/aromatic N) is 1. The molecule has 15 rings (SSSR count). The van der Waals surface area contributed by atoms with Crippen LogP contribution in [0.25, 0.3) is 100 Å². The molecule has 0 radical (unpaired) electrons. The summed E-state index contributed by atoms with van der Waals surface area (Å²) >= 11 is 0. The van der Waals surface area contributed by atoms with Gasteiger partial charge in [0.2, 0.25) is 0 Å². The maximum absolute atomic E-state index is 11.2. The first-order valence-electron chi connectivity index (χ1n) is 37.9. The number of carbonyl (C=O) groups is 12. The molecular formula is C102H58NO24-11. The zero-order valence-electron chi connectivity index (χ0n) is 65.7. The van der Waals surface area contributed by atoms with Crippen molar-refractivity contribution in [3.05, 3.63) is 413 Å². The van der Waals surface area contributed by atoms with Crippen LogP contribution in [-0.4, -0.2) is 76.7 Å². The molecule has 0 aliphatic carbocycles. The van der Waals surface area contributed by atoms with E-state index >= 15 is 0 Å². The lowest BCUT2D eigenvalue weighted by Gasteiger charge is -2.26. The molecule has 0 aliphatic heterocycles. The summed E-state index contributed by atoms with van der Waals surface area (Å²) in [6.07, 6.45) is 0. The van der Waals surface area contributed by atoms with Gasteiger partial charge in [-0.2, -0.15) is 0 Å². The van der Waals surface area contributed by atoms with Crippen molar-refractivity contribution in [2.75, 3.05) is 4.90 Å². The molecule has 0 atom stereocenters. The third kappa shape index (κ3) is 22.0. The van der Waals surface area contributed by atoms with Crippen LogP contribution < -0.4 is 61.1 Å². The molecule has 0 spiro atoms. The quantitative estimate of drug-likeness (QED) is 0.0641. The van der Waals surface area contributed by atoms with Crippen molar-refractivity contribution < 1.29 is 119 Å². The number of anilines is 3. The molecule has 1 N–H and O–H groups in total. The van der Waals surface area contributed by atoms with E-state index in [1.807, 2.05) is 91.0 Å². The number of benzene rings is 15. The molecule has 0 aliphatic rings. The van der Waals surface area contributed by atoms with Crippen LogP contribution in [-0.2, 0) is 0 Å². The molecule has 0 aromatic heterocycles. The van der Waals surface area contributed by atoms with Gasteiger partial charge in [0, 0.05) is 17.1 Å². The maximum Gasteiger partial charge on any atom is 0.335 e. The van der Waals surface area contributed by atoms with Crippen molar-refractivity contribution in [1.29, 1.82) is 0 Å². The van der Waals surface area contributed by atoms with Crippen LogP contribution in [0.5, 0.6) is 0 Å². The zero-order chi connectivity index (χ0) is 90.9. The molecule has 0 saturated carbocycles. The predicted octanol–water partition coefficient (Wildman–Crippen LogP) is 6.92. The fourth-order valence-corrected chi connectivity index (χ4v) is 13.3. The molecule has 626 valence electrons. The standard InChI is InChI=1S/C45H30O6.C27H18O6.C21H15NO6.C9H6O6/c46-43(47)37-19-13-31(14-20-37)28-1-7-34(8-2-28)40-25-41(35-9-3-29(4-10-35)32-15-21-38(22-16-32)44(48)49)27-42(26-40)36-11-5-30(6-12-36)33-17-23-39(24-18-33)45(50)51;28-25(29)19-7-1-16(2-8-19)22-13-23(17-3-9-20(10-4-17)26(30)31)15-24(14-22)18-5-11-21(12-6-18)27(32)33;23-19(24)13-1-7-16(8-2-13)22(17-9-3-14(4-10-17)20(25)26)18-11-5-15(6-12-18)21(27)28;10-7(11)4-1-5(8(12)13)3-6(2-4)9(14)15/h1-27H,(H,46,47)(H,48,49)(H,50,51);1-15H,(H,28,29)(H,30,31)(H,32,33);1-12H,(H,23,24)(H,25,26)(H,27,28);1-3H,(H,10,11)(H,12,13)(H,14,15)/p-11. The summed E-state index contributed by atoms with van der Waals surface area (Å²) in [4.78, 5) is 133. The third-order valence-electron chi connectivity index (χ3n) is 20.0. The topological polar surface area (TPSA) is 482 Å². The smallest absolute Gasteiger partial charge is 0.335 e. The van der Waals surface area contributed by atoms with Gasteiger partial charge in [-0.15, -0.1) is 0 Å². The van der Waals surface area contributed by atoms with Crippen LogP contribution in [0.4, 0.5) is 17.1 Å². The van der Waals surface area contributed by atoms with Crippen LogP contribution in [0.2, 0.25) is 0 Å². The fourth-order valence-electron chi connectivity index (χ4n) is 13.3. The third-order valence-corrected chi connectivity index (χ3v) is 20.0. The molecular weight excluding hydrogens is 1620 g/mol. The lowest BCUT2D eigenvalue weighted by molar-refractivity contribution is -0.257.